The van der Waals surface area contributed by atoms with Gasteiger partial charge in [0.05, 0.1) is 0 Å². The van der Waals surface area contributed by atoms with Crippen LogP contribution in [0.15, 0.2) is 66.7 Å². The predicted octanol–water partition coefficient (Wildman–Crippen LogP) is 2.94. The minimum atomic E-state index is -0.942. The number of hydrogen-bond acceptors (Lipinski definition) is 5. The summed E-state index contributed by atoms with van der Waals surface area (Å²) >= 11 is 0. The van der Waals surface area contributed by atoms with E-state index in [9.17, 15) is 9.59 Å². The summed E-state index contributed by atoms with van der Waals surface area (Å²) in [6.07, 6.45) is 0. The van der Waals surface area contributed by atoms with E-state index in [1.807, 2.05) is 60.7 Å². The molecule has 172 valence electrons. The van der Waals surface area contributed by atoms with Crippen molar-refractivity contribution in [2.45, 2.75) is 12.0 Å². The Hall–Kier alpha value is -4.20. The molecule has 6 rings (SSSR count). The third-order valence-electron chi connectivity index (χ3n) is 6.56. The number of benzene rings is 3. The molecule has 1 spiro atoms. The van der Waals surface area contributed by atoms with Crippen molar-refractivity contribution < 1.29 is 23.8 Å². The highest BCUT2D eigenvalue weighted by atomic mass is 16.7. The van der Waals surface area contributed by atoms with Crippen LogP contribution in [0.25, 0.3) is 0 Å². The van der Waals surface area contributed by atoms with E-state index in [1.165, 1.54) is 0 Å². The highest BCUT2D eigenvalue weighted by Gasteiger charge is 2.57. The zero-order valence-electron chi connectivity index (χ0n) is 18.4. The van der Waals surface area contributed by atoms with Crippen LogP contribution in [0.2, 0.25) is 0 Å². The third-order valence-corrected chi connectivity index (χ3v) is 6.56. The maximum atomic E-state index is 13.9. The van der Waals surface area contributed by atoms with Crippen LogP contribution in [-0.4, -0.2) is 38.4 Å². The molecule has 3 aromatic rings. The number of amides is 3. The molecular weight excluding hydrogens is 434 g/mol. The van der Waals surface area contributed by atoms with Crippen molar-refractivity contribution >= 4 is 17.6 Å². The lowest BCUT2D eigenvalue weighted by Crippen LogP contribution is -2.46. The standard InChI is InChI=1S/C26H23N3O5/c30-24-26(15-32-21-13-23-22(12-19(21)26)33-16-34-23)18-8-4-5-9-20(18)29(24)11-10-27-25(31)28-14-17-6-2-1-3-7-17/h1-9,12-13H,10-11,14-16H2,(H2,27,28,31). The minimum absolute atomic E-state index is 0.0715. The number of hydrogen-bond donors (Lipinski definition) is 2. The quantitative estimate of drug-likeness (QED) is 0.615. The van der Waals surface area contributed by atoms with E-state index < -0.39 is 5.41 Å². The number of carbonyl (C=O) groups excluding carboxylic acids is 2. The molecule has 1 atom stereocenters. The number of para-hydroxylation sites is 1. The number of ether oxygens (including phenoxy) is 3. The first kappa shape index (κ1) is 20.4. The zero-order chi connectivity index (χ0) is 23.1. The largest absolute Gasteiger partial charge is 0.491 e. The Morgan fingerprint density at radius 1 is 0.882 bits per heavy atom. The summed E-state index contributed by atoms with van der Waals surface area (Å²) in [7, 11) is 0. The molecule has 0 fully saturated rings. The first-order valence-corrected chi connectivity index (χ1v) is 11.2. The molecule has 3 amide bonds. The van der Waals surface area contributed by atoms with Crippen LogP contribution in [0.1, 0.15) is 16.7 Å². The topological polar surface area (TPSA) is 89.1 Å². The second-order valence-corrected chi connectivity index (χ2v) is 8.46. The van der Waals surface area contributed by atoms with Crippen LogP contribution >= 0.6 is 0 Å². The fourth-order valence-corrected chi connectivity index (χ4v) is 4.91. The molecule has 0 saturated carbocycles. The molecule has 8 nitrogen and oxygen atoms in total. The van der Waals surface area contributed by atoms with Crippen molar-refractivity contribution in [1.29, 1.82) is 0 Å². The molecule has 0 radical (unpaired) electrons. The SMILES string of the molecule is O=C(NCCN1C(=O)C2(COc3cc4c(cc32)OCO4)c2ccccc21)NCc1ccccc1. The van der Waals surface area contributed by atoms with Gasteiger partial charge in [-0.1, -0.05) is 48.5 Å². The van der Waals surface area contributed by atoms with Crippen molar-refractivity contribution in [2.75, 3.05) is 31.4 Å². The van der Waals surface area contributed by atoms with Gasteiger partial charge in [0.15, 0.2) is 11.5 Å². The Morgan fingerprint density at radius 3 is 2.50 bits per heavy atom. The lowest BCUT2D eigenvalue weighted by Gasteiger charge is -2.23. The average molecular weight is 457 g/mol. The summed E-state index contributed by atoms with van der Waals surface area (Å²) in [5.74, 6) is 1.80. The molecule has 0 saturated heterocycles. The Kier molecular flexibility index (Phi) is 4.79. The summed E-state index contributed by atoms with van der Waals surface area (Å²) in [5, 5.41) is 5.69. The van der Waals surface area contributed by atoms with E-state index in [4.69, 9.17) is 14.2 Å². The molecule has 8 heteroatoms. The summed E-state index contributed by atoms with van der Waals surface area (Å²) in [4.78, 5) is 27.9. The first-order valence-electron chi connectivity index (χ1n) is 11.2. The maximum Gasteiger partial charge on any atom is 0.315 e. The summed E-state index contributed by atoms with van der Waals surface area (Å²) in [6.45, 7) is 1.45. The van der Waals surface area contributed by atoms with E-state index in [-0.39, 0.29) is 25.3 Å². The molecule has 3 aliphatic rings. The molecule has 1 unspecified atom stereocenters. The smallest absolute Gasteiger partial charge is 0.315 e. The van der Waals surface area contributed by atoms with Gasteiger partial charge in [0, 0.05) is 37.0 Å². The van der Waals surface area contributed by atoms with E-state index in [2.05, 4.69) is 10.6 Å². The second-order valence-electron chi connectivity index (χ2n) is 8.46. The number of nitrogens with one attached hydrogen (secondary N) is 2. The molecule has 0 bridgehead atoms. The van der Waals surface area contributed by atoms with Gasteiger partial charge in [-0.15, -0.1) is 0 Å². The highest BCUT2D eigenvalue weighted by Crippen LogP contribution is 2.54. The Bertz CT molecular complexity index is 1280. The fourth-order valence-electron chi connectivity index (χ4n) is 4.91. The van der Waals surface area contributed by atoms with Gasteiger partial charge in [-0.3, -0.25) is 4.79 Å². The predicted molar refractivity (Wildman–Crippen MR) is 124 cm³/mol. The summed E-state index contributed by atoms with van der Waals surface area (Å²) in [6, 6.07) is 20.8. The van der Waals surface area contributed by atoms with Crippen LogP contribution in [0.3, 0.4) is 0 Å². The number of carbonyl (C=O) groups is 2. The number of urea groups is 1. The van der Waals surface area contributed by atoms with Gasteiger partial charge in [-0.05, 0) is 23.3 Å². The van der Waals surface area contributed by atoms with Crippen LogP contribution in [0.4, 0.5) is 10.5 Å². The molecule has 0 aliphatic carbocycles. The third kappa shape index (κ3) is 3.14. The van der Waals surface area contributed by atoms with Crippen molar-refractivity contribution in [3.63, 3.8) is 0 Å². The van der Waals surface area contributed by atoms with Gasteiger partial charge >= 0.3 is 6.03 Å². The van der Waals surface area contributed by atoms with Crippen LogP contribution in [0.5, 0.6) is 17.2 Å². The number of nitrogens with zero attached hydrogens (tertiary/aromatic N) is 1. The second kappa shape index (κ2) is 7.98. The van der Waals surface area contributed by atoms with Crippen molar-refractivity contribution in [2.24, 2.45) is 0 Å². The Balaban J connectivity index is 1.20. The van der Waals surface area contributed by atoms with Crippen LogP contribution < -0.4 is 29.7 Å². The van der Waals surface area contributed by atoms with Crippen molar-refractivity contribution in [1.82, 2.24) is 10.6 Å². The van der Waals surface area contributed by atoms with Crippen molar-refractivity contribution in [3.8, 4) is 17.2 Å². The van der Waals surface area contributed by atoms with Gasteiger partial charge in [0.25, 0.3) is 0 Å². The number of rotatable bonds is 5. The lowest BCUT2D eigenvalue weighted by atomic mass is 9.77. The summed E-state index contributed by atoms with van der Waals surface area (Å²) < 4.78 is 17.0. The Morgan fingerprint density at radius 2 is 1.65 bits per heavy atom. The molecule has 0 aromatic heterocycles. The normalized spacial score (nSPS) is 19.1. The molecular formula is C26H23N3O5. The van der Waals surface area contributed by atoms with E-state index in [1.54, 1.807) is 11.0 Å². The van der Waals surface area contributed by atoms with Gasteiger partial charge in [-0.2, -0.15) is 0 Å². The van der Waals surface area contributed by atoms with E-state index >= 15 is 0 Å². The van der Waals surface area contributed by atoms with E-state index in [0.29, 0.717) is 36.9 Å². The van der Waals surface area contributed by atoms with E-state index in [0.717, 1.165) is 22.4 Å². The van der Waals surface area contributed by atoms with Gasteiger partial charge in [0.1, 0.15) is 17.8 Å². The molecule has 2 N–H and O–H groups in total. The lowest BCUT2D eigenvalue weighted by molar-refractivity contribution is -0.122. The Labute approximate surface area is 196 Å². The summed E-state index contributed by atoms with van der Waals surface area (Å²) in [5.41, 5.74) is 2.58. The first-order chi connectivity index (χ1) is 16.7. The minimum Gasteiger partial charge on any atom is -0.491 e. The average Bonchev–Trinajstić information content (AvgIpc) is 3.54. The molecule has 34 heavy (non-hydrogen) atoms. The highest BCUT2D eigenvalue weighted by molar-refractivity contribution is 6.11. The number of fused-ring (bicyclic) bond motifs is 5. The zero-order valence-corrected chi connectivity index (χ0v) is 18.4. The monoisotopic (exact) mass is 457 g/mol. The number of anilines is 1. The molecule has 3 aromatic carbocycles. The molecule has 3 aliphatic heterocycles. The fraction of sp³-hybridized carbons (Fsp3) is 0.231. The van der Waals surface area contributed by atoms with Gasteiger partial charge in [-0.25, -0.2) is 4.79 Å². The van der Waals surface area contributed by atoms with Crippen LogP contribution in [-0.2, 0) is 16.8 Å². The maximum absolute atomic E-state index is 13.9. The van der Waals surface area contributed by atoms with Crippen LogP contribution in [0, 0.1) is 0 Å². The van der Waals surface area contributed by atoms with Gasteiger partial charge in [0.2, 0.25) is 12.7 Å². The van der Waals surface area contributed by atoms with Crippen molar-refractivity contribution in [3.05, 3.63) is 83.4 Å². The van der Waals surface area contributed by atoms with Gasteiger partial charge < -0.3 is 29.7 Å². The molecule has 3 heterocycles.